The summed E-state index contributed by atoms with van der Waals surface area (Å²) in [6.07, 6.45) is 4.00. The minimum Gasteiger partial charge on any atom is -0.459 e. The van der Waals surface area contributed by atoms with Crippen LogP contribution in [0.15, 0.2) is 36.7 Å². The van der Waals surface area contributed by atoms with Crippen molar-refractivity contribution in [3.05, 3.63) is 42.2 Å². The summed E-state index contributed by atoms with van der Waals surface area (Å²) in [5.74, 6) is -0.372. The van der Waals surface area contributed by atoms with Crippen molar-refractivity contribution in [1.82, 2.24) is 4.98 Å². The number of ether oxygens (including phenoxy) is 1. The van der Waals surface area contributed by atoms with E-state index in [2.05, 4.69) is 4.98 Å². The second kappa shape index (κ2) is 5.59. The largest absolute Gasteiger partial charge is 0.459 e. The number of fused-ring (bicyclic) bond motifs is 1. The van der Waals surface area contributed by atoms with Crippen LogP contribution in [0.3, 0.4) is 0 Å². The number of nitrogens with zero attached hydrogens (tertiary/aromatic N) is 1. The summed E-state index contributed by atoms with van der Waals surface area (Å²) in [4.78, 5) is 16.0. The van der Waals surface area contributed by atoms with E-state index in [1.165, 1.54) is 0 Å². The predicted molar refractivity (Wildman–Crippen MR) is 79.3 cm³/mol. The van der Waals surface area contributed by atoms with Gasteiger partial charge in [-0.1, -0.05) is 18.2 Å². The van der Waals surface area contributed by atoms with Gasteiger partial charge in [-0.2, -0.15) is 0 Å². The number of benzene rings is 1. The molecule has 0 spiro atoms. The Bertz CT molecular complexity index is 612. The summed E-state index contributed by atoms with van der Waals surface area (Å²) >= 11 is 0. The summed E-state index contributed by atoms with van der Waals surface area (Å²) in [6.45, 7) is 5.50. The minimum absolute atomic E-state index is 0.372. The first-order valence-electron chi connectivity index (χ1n) is 6.67. The van der Waals surface area contributed by atoms with Gasteiger partial charge in [0.05, 0.1) is 0 Å². The van der Waals surface area contributed by atoms with E-state index in [-0.39, 0.29) is 5.97 Å². The average Bonchev–Trinajstić information content (AvgIpc) is 2.37. The highest BCUT2D eigenvalue weighted by molar-refractivity contribution is 5.86. The molecule has 4 heteroatoms. The van der Waals surface area contributed by atoms with Crippen molar-refractivity contribution in [3.8, 4) is 0 Å². The summed E-state index contributed by atoms with van der Waals surface area (Å²) in [5, 5.41) is 2.11. The van der Waals surface area contributed by atoms with Crippen LogP contribution in [-0.4, -0.2) is 22.6 Å². The number of hydrogen-bond donors (Lipinski definition) is 1. The molecule has 1 heterocycles. The van der Waals surface area contributed by atoms with E-state index in [4.69, 9.17) is 10.5 Å². The lowest BCUT2D eigenvalue weighted by atomic mass is 10.0. The van der Waals surface area contributed by atoms with Gasteiger partial charge in [0.25, 0.3) is 0 Å². The quantitative estimate of drug-likeness (QED) is 0.872. The maximum absolute atomic E-state index is 11.9. The second-order valence-electron chi connectivity index (χ2n) is 5.86. The molecule has 0 aliphatic heterocycles. The van der Waals surface area contributed by atoms with Crippen LogP contribution in [0.5, 0.6) is 0 Å². The zero-order valence-electron chi connectivity index (χ0n) is 12.1. The first kappa shape index (κ1) is 14.5. The van der Waals surface area contributed by atoms with Crippen LogP contribution in [0.1, 0.15) is 26.3 Å². The van der Waals surface area contributed by atoms with Crippen molar-refractivity contribution in [3.63, 3.8) is 0 Å². The zero-order chi connectivity index (χ0) is 14.8. The van der Waals surface area contributed by atoms with E-state index < -0.39 is 11.6 Å². The molecule has 106 valence electrons. The molecule has 2 N–H and O–H groups in total. The highest BCUT2D eigenvalue weighted by atomic mass is 16.6. The maximum Gasteiger partial charge on any atom is 0.323 e. The van der Waals surface area contributed by atoms with Gasteiger partial charge in [0.2, 0.25) is 0 Å². The zero-order valence-corrected chi connectivity index (χ0v) is 12.1. The first-order valence-corrected chi connectivity index (χ1v) is 6.67. The Morgan fingerprint density at radius 2 is 2.10 bits per heavy atom. The van der Waals surface area contributed by atoms with Gasteiger partial charge in [-0.3, -0.25) is 9.78 Å². The molecule has 0 saturated carbocycles. The Balaban J connectivity index is 2.18. The van der Waals surface area contributed by atoms with Crippen molar-refractivity contribution in [1.29, 1.82) is 0 Å². The third kappa shape index (κ3) is 3.54. The smallest absolute Gasteiger partial charge is 0.323 e. The number of carbonyl (C=O) groups is 1. The molecule has 20 heavy (non-hydrogen) atoms. The molecule has 0 fully saturated rings. The molecule has 1 aromatic heterocycles. The molecule has 0 unspecified atom stereocenters. The molecule has 2 rings (SSSR count). The van der Waals surface area contributed by atoms with Crippen LogP contribution < -0.4 is 5.73 Å². The molecular weight excluding hydrogens is 252 g/mol. The molecule has 0 aliphatic carbocycles. The van der Waals surface area contributed by atoms with E-state index in [1.807, 2.05) is 45.0 Å². The van der Waals surface area contributed by atoms with Gasteiger partial charge in [-0.15, -0.1) is 0 Å². The number of carbonyl (C=O) groups excluding carboxylic acids is 1. The lowest BCUT2D eigenvalue weighted by molar-refractivity contribution is -0.156. The van der Waals surface area contributed by atoms with Crippen LogP contribution in [0.4, 0.5) is 0 Å². The Morgan fingerprint density at radius 1 is 1.35 bits per heavy atom. The molecule has 1 aromatic carbocycles. The van der Waals surface area contributed by atoms with E-state index >= 15 is 0 Å². The standard InChI is InChI=1S/C16H20N2O2/c1-16(2,3)20-15(19)14(17)9-11-5-4-6-12-10-18-8-7-13(11)12/h4-8,10,14H,9,17H2,1-3H3/t14-/m0/s1. The van der Waals surface area contributed by atoms with Crippen molar-refractivity contribution in [2.75, 3.05) is 0 Å². The fourth-order valence-corrected chi connectivity index (χ4v) is 2.07. The van der Waals surface area contributed by atoms with Gasteiger partial charge in [0.1, 0.15) is 11.6 Å². The Morgan fingerprint density at radius 3 is 2.80 bits per heavy atom. The number of rotatable bonds is 3. The lowest BCUT2D eigenvalue weighted by Crippen LogP contribution is -2.38. The molecular formula is C16H20N2O2. The monoisotopic (exact) mass is 272 g/mol. The highest BCUT2D eigenvalue weighted by Crippen LogP contribution is 2.19. The summed E-state index contributed by atoms with van der Waals surface area (Å²) in [5.41, 5.74) is 6.47. The van der Waals surface area contributed by atoms with Gasteiger partial charge in [0.15, 0.2) is 0 Å². The van der Waals surface area contributed by atoms with Gasteiger partial charge in [-0.05, 0) is 44.2 Å². The van der Waals surface area contributed by atoms with Gasteiger partial charge in [-0.25, -0.2) is 0 Å². The van der Waals surface area contributed by atoms with Crippen molar-refractivity contribution in [2.24, 2.45) is 5.73 Å². The second-order valence-corrected chi connectivity index (χ2v) is 5.86. The molecule has 0 bridgehead atoms. The molecule has 0 amide bonds. The molecule has 4 nitrogen and oxygen atoms in total. The number of hydrogen-bond acceptors (Lipinski definition) is 4. The van der Waals surface area contributed by atoms with Crippen LogP contribution in [0.25, 0.3) is 10.8 Å². The SMILES string of the molecule is CC(C)(C)OC(=O)[C@@H](N)Cc1cccc2cnccc12. The third-order valence-electron chi connectivity index (χ3n) is 2.92. The van der Waals surface area contributed by atoms with Crippen LogP contribution in [-0.2, 0) is 16.0 Å². The molecule has 0 radical (unpaired) electrons. The molecule has 0 aliphatic rings. The predicted octanol–water partition coefficient (Wildman–Crippen LogP) is 2.45. The summed E-state index contributed by atoms with van der Waals surface area (Å²) < 4.78 is 5.31. The maximum atomic E-state index is 11.9. The summed E-state index contributed by atoms with van der Waals surface area (Å²) in [7, 11) is 0. The number of esters is 1. The molecule has 0 saturated heterocycles. The van der Waals surface area contributed by atoms with Gasteiger partial charge in [0, 0.05) is 17.8 Å². The van der Waals surface area contributed by atoms with E-state index in [0.29, 0.717) is 6.42 Å². The molecule has 2 aromatic rings. The minimum atomic E-state index is -0.659. The van der Waals surface area contributed by atoms with Crippen LogP contribution in [0, 0.1) is 0 Å². The van der Waals surface area contributed by atoms with Crippen molar-refractivity contribution >= 4 is 16.7 Å². The van der Waals surface area contributed by atoms with Gasteiger partial charge >= 0.3 is 5.97 Å². The first-order chi connectivity index (χ1) is 9.37. The average molecular weight is 272 g/mol. The Labute approximate surface area is 119 Å². The van der Waals surface area contributed by atoms with Crippen molar-refractivity contribution in [2.45, 2.75) is 38.8 Å². The molecule has 1 atom stereocenters. The van der Waals surface area contributed by atoms with E-state index in [0.717, 1.165) is 16.3 Å². The highest BCUT2D eigenvalue weighted by Gasteiger charge is 2.22. The number of aromatic nitrogens is 1. The third-order valence-corrected chi connectivity index (χ3v) is 2.92. The summed E-state index contributed by atoms with van der Waals surface area (Å²) in [6, 6.07) is 7.19. The van der Waals surface area contributed by atoms with Crippen molar-refractivity contribution < 1.29 is 9.53 Å². The van der Waals surface area contributed by atoms with Crippen LogP contribution in [0.2, 0.25) is 0 Å². The normalized spacial score (nSPS) is 13.2. The van der Waals surface area contributed by atoms with Gasteiger partial charge < -0.3 is 10.5 Å². The Kier molecular flexibility index (Phi) is 4.04. The number of nitrogens with two attached hydrogens (primary N) is 1. The Hall–Kier alpha value is -1.94. The fourth-order valence-electron chi connectivity index (χ4n) is 2.07. The van der Waals surface area contributed by atoms with E-state index in [9.17, 15) is 4.79 Å². The van der Waals surface area contributed by atoms with Crippen LogP contribution >= 0.6 is 0 Å². The fraction of sp³-hybridized carbons (Fsp3) is 0.375. The van der Waals surface area contributed by atoms with E-state index in [1.54, 1.807) is 12.4 Å². The lowest BCUT2D eigenvalue weighted by Gasteiger charge is -2.22. The number of pyridine rings is 1. The topological polar surface area (TPSA) is 65.2 Å².